The van der Waals surface area contributed by atoms with Gasteiger partial charge in [-0.05, 0) is 18.4 Å². The van der Waals surface area contributed by atoms with Crippen LogP contribution in [0.5, 0.6) is 0 Å². The first-order valence-corrected chi connectivity index (χ1v) is 5.30. The van der Waals surface area contributed by atoms with E-state index in [1.165, 1.54) is 0 Å². The Morgan fingerprint density at radius 1 is 1.50 bits per heavy atom. The largest absolute Gasteiger partial charge is 0.480 e. The van der Waals surface area contributed by atoms with Crippen molar-refractivity contribution in [2.24, 2.45) is 17.2 Å². The van der Waals surface area contributed by atoms with Crippen molar-refractivity contribution in [2.75, 3.05) is 18.6 Å². The maximum Gasteiger partial charge on any atom is 0.320 e. The third kappa shape index (κ3) is 13.8. The summed E-state index contributed by atoms with van der Waals surface area (Å²) >= 11 is 1.60. The predicted octanol–water partition coefficient (Wildman–Crippen LogP) is -1.42. The minimum absolute atomic E-state index is 0.0556. The van der Waals surface area contributed by atoms with Gasteiger partial charge in [0, 0.05) is 0 Å². The first-order chi connectivity index (χ1) is 6.45. The Morgan fingerprint density at radius 2 is 1.93 bits per heavy atom. The lowest BCUT2D eigenvalue weighted by Crippen LogP contribution is -2.30. The van der Waals surface area contributed by atoms with E-state index in [0.29, 0.717) is 6.42 Å². The number of carboxylic acid groups (broad SMARTS) is 1. The molecule has 0 saturated carbocycles. The molecule has 0 aliphatic carbocycles. The van der Waals surface area contributed by atoms with Crippen LogP contribution in [0.2, 0.25) is 0 Å². The van der Waals surface area contributed by atoms with E-state index in [4.69, 9.17) is 16.6 Å². The number of amides is 1. The van der Waals surface area contributed by atoms with Crippen molar-refractivity contribution in [3.63, 3.8) is 0 Å². The van der Waals surface area contributed by atoms with E-state index in [2.05, 4.69) is 5.73 Å². The molecule has 6 nitrogen and oxygen atoms in total. The van der Waals surface area contributed by atoms with Crippen LogP contribution in [0.15, 0.2) is 0 Å². The lowest BCUT2D eigenvalue weighted by molar-refractivity contribution is -0.138. The highest BCUT2D eigenvalue weighted by molar-refractivity contribution is 7.98. The van der Waals surface area contributed by atoms with Crippen LogP contribution in [0, 0.1) is 0 Å². The average Bonchev–Trinajstić information content (AvgIpc) is 2.14. The van der Waals surface area contributed by atoms with E-state index in [1.54, 1.807) is 11.8 Å². The third-order valence-electron chi connectivity index (χ3n) is 1.15. The summed E-state index contributed by atoms with van der Waals surface area (Å²) in [4.78, 5) is 19.5. The zero-order chi connectivity index (χ0) is 11.6. The van der Waals surface area contributed by atoms with Crippen LogP contribution in [0.3, 0.4) is 0 Å². The number of rotatable bonds is 5. The average molecular weight is 223 g/mol. The number of carbonyl (C=O) groups is 2. The summed E-state index contributed by atoms with van der Waals surface area (Å²) in [6.45, 7) is -0.0556. The van der Waals surface area contributed by atoms with Crippen LogP contribution >= 0.6 is 11.8 Å². The molecule has 0 aliphatic rings. The lowest BCUT2D eigenvalue weighted by Gasteiger charge is -2.02. The highest BCUT2D eigenvalue weighted by Crippen LogP contribution is 1.97. The van der Waals surface area contributed by atoms with Crippen molar-refractivity contribution in [3.05, 3.63) is 0 Å². The van der Waals surface area contributed by atoms with Gasteiger partial charge in [-0.1, -0.05) is 0 Å². The lowest BCUT2D eigenvalue weighted by atomic mass is 10.2. The van der Waals surface area contributed by atoms with Crippen LogP contribution in [-0.2, 0) is 9.59 Å². The van der Waals surface area contributed by atoms with Gasteiger partial charge in [-0.25, -0.2) is 0 Å². The monoisotopic (exact) mass is 223 g/mol. The number of carbonyl (C=O) groups excluding carboxylic acids is 1. The van der Waals surface area contributed by atoms with E-state index in [-0.39, 0.29) is 6.54 Å². The summed E-state index contributed by atoms with van der Waals surface area (Å²) in [5.74, 6) is -0.568. The number of carboxylic acids is 1. The summed E-state index contributed by atoms with van der Waals surface area (Å²) in [5.41, 5.74) is 14.4. The van der Waals surface area contributed by atoms with Gasteiger partial charge in [0.25, 0.3) is 0 Å². The summed E-state index contributed by atoms with van der Waals surface area (Å²) in [5, 5.41) is 8.27. The molecule has 0 fully saturated rings. The number of primary amides is 1. The molecule has 0 rings (SSSR count). The fraction of sp³-hybridized carbons (Fsp3) is 0.714. The molecular formula is C7H17N3O3S. The Hall–Kier alpha value is -0.790. The molecule has 14 heavy (non-hydrogen) atoms. The number of aliphatic carboxylic acids is 1. The van der Waals surface area contributed by atoms with Crippen molar-refractivity contribution in [1.82, 2.24) is 0 Å². The minimum atomic E-state index is -0.913. The van der Waals surface area contributed by atoms with Gasteiger partial charge in [-0.15, -0.1) is 0 Å². The summed E-state index contributed by atoms with van der Waals surface area (Å²) in [6.07, 6.45) is 2.48. The predicted molar refractivity (Wildman–Crippen MR) is 56.9 cm³/mol. The maximum absolute atomic E-state index is 10.1. The Bertz CT molecular complexity index is 178. The molecule has 84 valence electrons. The highest BCUT2D eigenvalue weighted by Gasteiger charge is 2.08. The standard InChI is InChI=1S/C5H11NO2S.C2H6N2O/c1-9-3-2-4(6)5(7)8;3-1-2(4)5/h4H,2-3,6H2,1H3,(H,7,8);1,3H2,(H2,4,5)/t4-;/m0./s1. The molecule has 7 heteroatoms. The zero-order valence-electron chi connectivity index (χ0n) is 8.10. The van der Waals surface area contributed by atoms with Crippen molar-refractivity contribution in [2.45, 2.75) is 12.5 Å². The van der Waals surface area contributed by atoms with Gasteiger partial charge < -0.3 is 22.3 Å². The van der Waals surface area contributed by atoms with E-state index in [1.807, 2.05) is 6.26 Å². The van der Waals surface area contributed by atoms with Crippen molar-refractivity contribution in [1.29, 1.82) is 0 Å². The van der Waals surface area contributed by atoms with Crippen LogP contribution in [0.25, 0.3) is 0 Å². The van der Waals surface area contributed by atoms with Crippen molar-refractivity contribution >= 4 is 23.6 Å². The molecule has 0 spiro atoms. The van der Waals surface area contributed by atoms with Gasteiger partial charge in [0.15, 0.2) is 0 Å². The summed E-state index contributed by atoms with van der Waals surface area (Å²) < 4.78 is 0. The third-order valence-corrected chi connectivity index (χ3v) is 1.80. The van der Waals surface area contributed by atoms with Gasteiger partial charge in [-0.2, -0.15) is 11.8 Å². The van der Waals surface area contributed by atoms with Gasteiger partial charge >= 0.3 is 5.97 Å². The second-order valence-electron chi connectivity index (χ2n) is 2.40. The molecular weight excluding hydrogens is 206 g/mol. The second-order valence-corrected chi connectivity index (χ2v) is 3.38. The van der Waals surface area contributed by atoms with Gasteiger partial charge in [0.1, 0.15) is 6.04 Å². The molecule has 0 unspecified atom stereocenters. The molecule has 0 bridgehead atoms. The minimum Gasteiger partial charge on any atom is -0.480 e. The zero-order valence-corrected chi connectivity index (χ0v) is 8.92. The van der Waals surface area contributed by atoms with Gasteiger partial charge in [-0.3, -0.25) is 9.59 Å². The smallest absolute Gasteiger partial charge is 0.320 e. The number of hydrogen-bond acceptors (Lipinski definition) is 5. The molecule has 0 aliphatic heterocycles. The summed E-state index contributed by atoms with van der Waals surface area (Å²) in [7, 11) is 0. The molecule has 1 amide bonds. The van der Waals surface area contributed by atoms with E-state index in [0.717, 1.165) is 5.75 Å². The van der Waals surface area contributed by atoms with E-state index in [9.17, 15) is 9.59 Å². The van der Waals surface area contributed by atoms with Crippen molar-refractivity contribution < 1.29 is 14.7 Å². The molecule has 7 N–H and O–H groups in total. The Labute approximate surface area is 87.2 Å². The van der Waals surface area contributed by atoms with Gasteiger partial charge in [0.05, 0.1) is 6.54 Å². The quantitative estimate of drug-likeness (QED) is 0.452. The van der Waals surface area contributed by atoms with Gasteiger partial charge in [0.2, 0.25) is 5.91 Å². The molecule has 0 aromatic rings. The SMILES string of the molecule is CSCC[C@H](N)C(=O)O.NCC(N)=O. The molecule has 0 radical (unpaired) electrons. The van der Waals surface area contributed by atoms with E-state index >= 15 is 0 Å². The molecule has 1 atom stereocenters. The van der Waals surface area contributed by atoms with Crippen LogP contribution in [0.4, 0.5) is 0 Å². The fourth-order valence-corrected chi connectivity index (χ4v) is 0.858. The molecule has 0 aromatic carbocycles. The number of nitrogens with two attached hydrogens (primary N) is 3. The normalized spacial score (nSPS) is 11.1. The highest BCUT2D eigenvalue weighted by atomic mass is 32.2. The fourth-order valence-electron chi connectivity index (χ4n) is 0.368. The van der Waals surface area contributed by atoms with E-state index < -0.39 is 17.9 Å². The van der Waals surface area contributed by atoms with Crippen LogP contribution < -0.4 is 17.2 Å². The second kappa shape index (κ2) is 10.3. The summed E-state index contributed by atoms with van der Waals surface area (Å²) in [6, 6.07) is -0.683. The molecule has 0 aromatic heterocycles. The molecule has 0 heterocycles. The van der Waals surface area contributed by atoms with Crippen LogP contribution in [0.1, 0.15) is 6.42 Å². The maximum atomic E-state index is 10.1. The molecule has 0 saturated heterocycles. The Morgan fingerprint density at radius 3 is 2.14 bits per heavy atom. The Balaban J connectivity index is 0. The Kier molecular flexibility index (Phi) is 11.5. The first-order valence-electron chi connectivity index (χ1n) is 3.91. The number of hydrogen-bond donors (Lipinski definition) is 4. The van der Waals surface area contributed by atoms with Crippen LogP contribution in [-0.4, -0.2) is 41.6 Å². The number of thioether (sulfide) groups is 1. The van der Waals surface area contributed by atoms with Crippen molar-refractivity contribution in [3.8, 4) is 0 Å². The first kappa shape index (κ1) is 15.7. The topological polar surface area (TPSA) is 132 Å².